The lowest BCUT2D eigenvalue weighted by molar-refractivity contribution is -0.122. The highest BCUT2D eigenvalue weighted by molar-refractivity contribution is 7.15. The average Bonchev–Trinajstić information content (AvgIpc) is 3.61. The Balaban J connectivity index is 1.30. The molecule has 7 rings (SSSR count). The van der Waals surface area contributed by atoms with Crippen molar-refractivity contribution in [3.05, 3.63) is 59.9 Å². The molecule has 1 fully saturated rings. The van der Waals surface area contributed by atoms with E-state index in [2.05, 4.69) is 48.4 Å². The molecule has 0 bridgehead atoms. The Kier molecular flexibility index (Phi) is 5.25. The molecule has 188 valence electrons. The quantitative estimate of drug-likeness (QED) is 0.259. The molecule has 1 saturated carbocycles. The van der Waals surface area contributed by atoms with Gasteiger partial charge in [-0.2, -0.15) is 5.10 Å². The van der Waals surface area contributed by atoms with E-state index in [1.54, 1.807) is 36.0 Å². The zero-order chi connectivity index (χ0) is 25.8. The fourth-order valence-corrected chi connectivity index (χ4v) is 5.58. The molecule has 6 aromatic rings. The van der Waals surface area contributed by atoms with E-state index in [0.29, 0.717) is 28.3 Å². The number of fused-ring (bicyclic) bond motifs is 2. The summed E-state index contributed by atoms with van der Waals surface area (Å²) in [6.45, 7) is 2.05. The van der Waals surface area contributed by atoms with Crippen LogP contribution in [0.4, 0.5) is 10.1 Å². The number of aryl methyl sites for hydroxylation is 1. The van der Waals surface area contributed by atoms with E-state index in [-0.39, 0.29) is 22.9 Å². The predicted octanol–water partition coefficient (Wildman–Crippen LogP) is 5.87. The van der Waals surface area contributed by atoms with Gasteiger partial charge in [0, 0.05) is 39.2 Å². The maximum absolute atomic E-state index is 16.0. The van der Waals surface area contributed by atoms with E-state index in [1.807, 2.05) is 6.07 Å². The van der Waals surface area contributed by atoms with Crippen molar-refractivity contribution in [2.24, 2.45) is 5.92 Å². The van der Waals surface area contributed by atoms with Crippen molar-refractivity contribution < 1.29 is 9.18 Å². The second kappa shape index (κ2) is 8.80. The van der Waals surface area contributed by atoms with Crippen molar-refractivity contribution in [2.75, 3.05) is 5.32 Å². The molecular formula is C27H21FN8OS. The summed E-state index contributed by atoms with van der Waals surface area (Å²) in [5.74, 6) is -0.137. The maximum Gasteiger partial charge on any atom is 0.227 e. The Morgan fingerprint density at radius 2 is 1.95 bits per heavy atom. The van der Waals surface area contributed by atoms with Crippen molar-refractivity contribution in [2.45, 2.75) is 26.2 Å². The van der Waals surface area contributed by atoms with Gasteiger partial charge < -0.3 is 10.3 Å². The van der Waals surface area contributed by atoms with Crippen LogP contribution < -0.4 is 5.32 Å². The summed E-state index contributed by atoms with van der Waals surface area (Å²) < 4.78 is 16.0. The third kappa shape index (κ3) is 3.74. The number of anilines is 1. The van der Waals surface area contributed by atoms with Gasteiger partial charge in [0.25, 0.3) is 0 Å². The minimum absolute atomic E-state index is 0.0294. The lowest BCUT2D eigenvalue weighted by Gasteiger charge is -2.24. The number of imidazole rings is 1. The van der Waals surface area contributed by atoms with Gasteiger partial charge in [-0.3, -0.25) is 24.8 Å². The number of carbonyl (C=O) groups excluding carboxylic acids is 1. The largest absolute Gasteiger partial charge is 0.335 e. The van der Waals surface area contributed by atoms with Gasteiger partial charge in [-0.1, -0.05) is 6.42 Å². The Morgan fingerprint density at radius 3 is 2.74 bits per heavy atom. The number of aromatic amines is 2. The van der Waals surface area contributed by atoms with Crippen molar-refractivity contribution in [1.29, 1.82) is 0 Å². The molecule has 38 heavy (non-hydrogen) atoms. The van der Waals surface area contributed by atoms with Gasteiger partial charge in [0.15, 0.2) is 11.6 Å². The van der Waals surface area contributed by atoms with Crippen LogP contribution in [0, 0.1) is 18.7 Å². The molecule has 6 heterocycles. The number of nitrogens with zero attached hydrogens (tertiary/aromatic N) is 5. The first-order valence-electron chi connectivity index (χ1n) is 12.2. The van der Waals surface area contributed by atoms with Crippen LogP contribution in [-0.4, -0.2) is 41.0 Å². The van der Waals surface area contributed by atoms with Crippen molar-refractivity contribution in [3.63, 3.8) is 0 Å². The molecule has 0 unspecified atom stereocenters. The molecule has 0 atom stereocenters. The second-order valence-corrected chi connectivity index (χ2v) is 10.7. The molecule has 1 aliphatic rings. The average molecular weight is 525 g/mol. The number of rotatable bonds is 5. The first-order valence-corrected chi connectivity index (χ1v) is 13.1. The normalized spacial score (nSPS) is 13.7. The summed E-state index contributed by atoms with van der Waals surface area (Å²) in [5.41, 5.74) is 4.22. The van der Waals surface area contributed by atoms with Crippen molar-refractivity contribution in [1.82, 2.24) is 35.1 Å². The maximum atomic E-state index is 16.0. The minimum atomic E-state index is -0.553. The molecule has 11 heteroatoms. The Labute approximate surface area is 219 Å². The SMILES string of the molecule is Cc1ccc(-c2cncc3[nH]c(-c4n[nH]c5cnc(-c6cncc(NC(=O)C7CCC7)c6)c(F)c45)nc23)s1. The fraction of sp³-hybridized carbons (Fsp3) is 0.185. The predicted molar refractivity (Wildman–Crippen MR) is 144 cm³/mol. The summed E-state index contributed by atoms with van der Waals surface area (Å²) in [6.07, 6.45) is 10.9. The summed E-state index contributed by atoms with van der Waals surface area (Å²) >= 11 is 1.66. The number of thiophene rings is 1. The third-order valence-corrected chi connectivity index (χ3v) is 7.96. The molecule has 9 nitrogen and oxygen atoms in total. The molecule has 6 aromatic heterocycles. The lowest BCUT2D eigenvalue weighted by atomic mass is 9.85. The smallest absolute Gasteiger partial charge is 0.227 e. The minimum Gasteiger partial charge on any atom is -0.335 e. The highest BCUT2D eigenvalue weighted by Gasteiger charge is 2.26. The van der Waals surface area contributed by atoms with Gasteiger partial charge >= 0.3 is 0 Å². The molecule has 0 spiro atoms. The molecule has 0 aromatic carbocycles. The van der Waals surface area contributed by atoms with Gasteiger partial charge in [-0.15, -0.1) is 11.3 Å². The van der Waals surface area contributed by atoms with Crippen LogP contribution in [0.25, 0.3) is 55.2 Å². The van der Waals surface area contributed by atoms with Crippen molar-refractivity contribution >= 4 is 44.9 Å². The van der Waals surface area contributed by atoms with Crippen LogP contribution in [0.3, 0.4) is 0 Å². The van der Waals surface area contributed by atoms with Crippen LogP contribution in [0.1, 0.15) is 24.1 Å². The Morgan fingerprint density at radius 1 is 1.08 bits per heavy atom. The number of aromatic nitrogens is 7. The molecule has 0 saturated heterocycles. The Hall–Kier alpha value is -4.51. The van der Waals surface area contributed by atoms with Gasteiger partial charge in [-0.05, 0) is 38.0 Å². The van der Waals surface area contributed by atoms with Crippen LogP contribution in [0.15, 0.2) is 49.2 Å². The zero-order valence-electron chi connectivity index (χ0n) is 20.2. The highest BCUT2D eigenvalue weighted by Crippen LogP contribution is 2.36. The molecule has 0 radical (unpaired) electrons. The third-order valence-electron chi connectivity index (χ3n) is 6.92. The highest BCUT2D eigenvalue weighted by atomic mass is 32.1. The van der Waals surface area contributed by atoms with Crippen LogP contribution >= 0.6 is 11.3 Å². The molecule has 3 N–H and O–H groups in total. The number of nitrogens with one attached hydrogen (secondary N) is 3. The van der Waals surface area contributed by atoms with E-state index in [0.717, 1.165) is 40.7 Å². The van der Waals surface area contributed by atoms with Gasteiger partial charge in [-0.25, -0.2) is 9.37 Å². The van der Waals surface area contributed by atoms with Crippen molar-refractivity contribution in [3.8, 4) is 33.2 Å². The number of H-pyrrole nitrogens is 2. The van der Waals surface area contributed by atoms with E-state index in [9.17, 15) is 4.79 Å². The topological polar surface area (TPSA) is 125 Å². The molecule has 0 aliphatic heterocycles. The lowest BCUT2D eigenvalue weighted by Crippen LogP contribution is -2.28. The Bertz CT molecular complexity index is 1850. The summed E-state index contributed by atoms with van der Waals surface area (Å²) in [4.78, 5) is 35.6. The molecule has 1 aliphatic carbocycles. The van der Waals surface area contributed by atoms with Gasteiger partial charge in [0.1, 0.15) is 16.9 Å². The number of hydrogen-bond donors (Lipinski definition) is 3. The van der Waals surface area contributed by atoms with Crippen LogP contribution in [0.5, 0.6) is 0 Å². The first kappa shape index (κ1) is 22.7. The second-order valence-electron chi connectivity index (χ2n) is 9.44. The van der Waals surface area contributed by atoms with Gasteiger partial charge in [0.05, 0.1) is 40.7 Å². The van der Waals surface area contributed by atoms with E-state index in [4.69, 9.17) is 4.98 Å². The number of hydrogen-bond acceptors (Lipinski definition) is 7. The molecule has 1 amide bonds. The first-order chi connectivity index (χ1) is 18.5. The number of carbonyl (C=O) groups is 1. The summed E-state index contributed by atoms with van der Waals surface area (Å²) in [5, 5.41) is 10.4. The summed E-state index contributed by atoms with van der Waals surface area (Å²) in [7, 11) is 0. The number of amides is 1. The zero-order valence-corrected chi connectivity index (χ0v) is 21.1. The fourth-order valence-electron chi connectivity index (χ4n) is 4.71. The summed E-state index contributed by atoms with van der Waals surface area (Å²) in [6, 6.07) is 5.78. The van der Waals surface area contributed by atoms with E-state index < -0.39 is 5.82 Å². The van der Waals surface area contributed by atoms with E-state index in [1.165, 1.54) is 17.3 Å². The number of pyridine rings is 3. The van der Waals surface area contributed by atoms with Crippen LogP contribution in [0.2, 0.25) is 0 Å². The van der Waals surface area contributed by atoms with Gasteiger partial charge in [0.2, 0.25) is 5.91 Å². The monoisotopic (exact) mass is 524 g/mol. The van der Waals surface area contributed by atoms with Crippen LogP contribution in [-0.2, 0) is 4.79 Å². The molecular weight excluding hydrogens is 503 g/mol. The number of halogens is 1. The van der Waals surface area contributed by atoms with E-state index >= 15 is 4.39 Å². The standard InChI is InChI=1S/C27H21FN8OS/c1-13-5-6-20(38-13)17-10-30-11-19-24(17)34-26(33-19)25-21-18(35-36-25)12-31-23(22(21)28)15-7-16(9-29-8-15)32-27(37)14-3-2-4-14/h5-12,14H,2-4H2,1H3,(H,32,37)(H,33,34)(H,35,36).